The molecule has 3 nitrogen and oxygen atoms in total. The first-order chi connectivity index (χ1) is 11.1. The van der Waals surface area contributed by atoms with Gasteiger partial charge in [0.2, 0.25) is 0 Å². The maximum atomic E-state index is 14.2. The Labute approximate surface area is 138 Å². The van der Waals surface area contributed by atoms with E-state index in [1.807, 2.05) is 25.3 Å². The Balaban J connectivity index is 1.74. The third-order valence-electron chi connectivity index (χ3n) is 4.27. The second kappa shape index (κ2) is 5.53. The molecule has 2 aromatic rings. The molecule has 4 rings (SSSR count). The number of rotatable bonds is 1. The third-order valence-corrected chi connectivity index (χ3v) is 4.50. The van der Waals surface area contributed by atoms with Gasteiger partial charge in [-0.2, -0.15) is 0 Å². The lowest BCUT2D eigenvalue weighted by Gasteiger charge is -2.31. The average molecular weight is 332 g/mol. The number of fused-ring (bicyclic) bond motifs is 3. The summed E-state index contributed by atoms with van der Waals surface area (Å²) in [6.45, 7) is 2.28. The maximum Gasteiger partial charge on any atom is 0.167 e. The number of aliphatic imine (C=N–C) groups is 1. The first-order valence-electron chi connectivity index (χ1n) is 7.55. The van der Waals surface area contributed by atoms with Crippen LogP contribution in [0.15, 0.2) is 35.3 Å². The van der Waals surface area contributed by atoms with Crippen molar-refractivity contribution in [3.63, 3.8) is 0 Å². The first kappa shape index (κ1) is 14.5. The van der Waals surface area contributed by atoms with Crippen LogP contribution in [0.1, 0.15) is 35.8 Å². The molecular formula is C18H15ClFNO2. The molecular weight excluding hydrogens is 317 g/mol. The summed E-state index contributed by atoms with van der Waals surface area (Å²) in [6.07, 6.45) is 2.19. The lowest BCUT2D eigenvalue weighted by molar-refractivity contribution is 0.0867. The largest absolute Gasteiger partial charge is 0.485 e. The predicted molar refractivity (Wildman–Crippen MR) is 87.3 cm³/mol. The van der Waals surface area contributed by atoms with E-state index in [1.54, 1.807) is 12.1 Å². The Morgan fingerprint density at radius 1 is 1.26 bits per heavy atom. The number of ether oxygens (including phenoxy) is 2. The summed E-state index contributed by atoms with van der Waals surface area (Å²) in [6, 6.07) is 8.56. The molecule has 0 saturated heterocycles. The summed E-state index contributed by atoms with van der Waals surface area (Å²) in [4.78, 5) is 4.45. The van der Waals surface area contributed by atoms with Crippen molar-refractivity contribution in [1.82, 2.24) is 0 Å². The van der Waals surface area contributed by atoms with E-state index in [2.05, 4.69) is 4.99 Å². The van der Waals surface area contributed by atoms with Crippen LogP contribution in [-0.2, 0) is 6.42 Å². The highest BCUT2D eigenvalue weighted by Gasteiger charge is 2.30. The van der Waals surface area contributed by atoms with Crippen LogP contribution >= 0.6 is 11.6 Å². The SMILES string of the molecule is CC1N=CCc2ccc3c(c21)O[C@@H](c1ccc(Cl)cc1F)CO3. The molecule has 0 radical (unpaired) electrons. The fraction of sp³-hybridized carbons (Fsp3) is 0.278. The highest BCUT2D eigenvalue weighted by molar-refractivity contribution is 6.30. The molecule has 2 aromatic carbocycles. The summed E-state index contributed by atoms with van der Waals surface area (Å²) >= 11 is 5.82. The van der Waals surface area contributed by atoms with Gasteiger partial charge in [-0.25, -0.2) is 4.39 Å². The molecule has 2 atom stereocenters. The zero-order chi connectivity index (χ0) is 16.0. The van der Waals surface area contributed by atoms with Crippen LogP contribution in [0, 0.1) is 5.82 Å². The van der Waals surface area contributed by atoms with E-state index in [1.165, 1.54) is 11.6 Å². The summed E-state index contributed by atoms with van der Waals surface area (Å²) in [5, 5.41) is 0.365. The minimum Gasteiger partial charge on any atom is -0.485 e. The fourth-order valence-electron chi connectivity index (χ4n) is 3.13. The van der Waals surface area contributed by atoms with E-state index in [4.69, 9.17) is 21.1 Å². The molecule has 2 heterocycles. The number of halogens is 2. The smallest absolute Gasteiger partial charge is 0.167 e. The van der Waals surface area contributed by atoms with Crippen molar-refractivity contribution in [2.24, 2.45) is 4.99 Å². The molecule has 118 valence electrons. The molecule has 1 unspecified atom stereocenters. The van der Waals surface area contributed by atoms with E-state index in [9.17, 15) is 4.39 Å². The summed E-state index contributed by atoms with van der Waals surface area (Å²) < 4.78 is 26.1. The second-order valence-corrected chi connectivity index (χ2v) is 6.20. The Morgan fingerprint density at radius 2 is 2.13 bits per heavy atom. The van der Waals surface area contributed by atoms with E-state index in [-0.39, 0.29) is 18.5 Å². The molecule has 2 aliphatic heterocycles. The minimum atomic E-state index is -0.496. The van der Waals surface area contributed by atoms with Crippen molar-refractivity contribution < 1.29 is 13.9 Å². The fourth-order valence-corrected chi connectivity index (χ4v) is 3.29. The van der Waals surface area contributed by atoms with Gasteiger partial charge in [-0.05, 0) is 30.7 Å². The quantitative estimate of drug-likeness (QED) is 0.759. The molecule has 0 N–H and O–H groups in total. The molecule has 0 spiro atoms. The Hall–Kier alpha value is -2.07. The number of benzene rings is 2. The van der Waals surface area contributed by atoms with Crippen LogP contribution < -0.4 is 9.47 Å². The minimum absolute atomic E-state index is 0.00566. The standard InChI is InChI=1S/C18H15ClFNO2/c1-10-17-11(6-7-21-10)2-5-15-18(17)23-16(9-22-15)13-4-3-12(19)8-14(13)20/h2-5,7-8,10,16H,6,9H2,1H3/t10?,16-/m1/s1. The van der Waals surface area contributed by atoms with Gasteiger partial charge in [-0.3, -0.25) is 4.99 Å². The monoisotopic (exact) mass is 331 g/mol. The Kier molecular flexibility index (Phi) is 3.49. The van der Waals surface area contributed by atoms with E-state index >= 15 is 0 Å². The van der Waals surface area contributed by atoms with Gasteiger partial charge in [-0.15, -0.1) is 0 Å². The third kappa shape index (κ3) is 2.47. The van der Waals surface area contributed by atoms with Crippen molar-refractivity contribution >= 4 is 17.8 Å². The van der Waals surface area contributed by atoms with Crippen molar-refractivity contribution in [3.8, 4) is 11.5 Å². The van der Waals surface area contributed by atoms with Gasteiger partial charge >= 0.3 is 0 Å². The number of hydrogen-bond acceptors (Lipinski definition) is 3. The van der Waals surface area contributed by atoms with Gasteiger partial charge in [0.25, 0.3) is 0 Å². The van der Waals surface area contributed by atoms with Crippen molar-refractivity contribution in [2.75, 3.05) is 6.61 Å². The average Bonchev–Trinajstić information content (AvgIpc) is 2.54. The second-order valence-electron chi connectivity index (χ2n) is 5.76. The van der Waals surface area contributed by atoms with Crippen LogP contribution in [0.25, 0.3) is 0 Å². The molecule has 0 bridgehead atoms. The van der Waals surface area contributed by atoms with Crippen molar-refractivity contribution in [1.29, 1.82) is 0 Å². The lowest BCUT2D eigenvalue weighted by Crippen LogP contribution is -2.24. The van der Waals surface area contributed by atoms with Crippen LogP contribution in [0.4, 0.5) is 4.39 Å². The first-order valence-corrected chi connectivity index (χ1v) is 7.93. The van der Waals surface area contributed by atoms with Gasteiger partial charge < -0.3 is 9.47 Å². The molecule has 5 heteroatoms. The topological polar surface area (TPSA) is 30.8 Å². The maximum absolute atomic E-state index is 14.2. The zero-order valence-corrected chi connectivity index (χ0v) is 13.3. The van der Waals surface area contributed by atoms with Gasteiger partial charge in [0, 0.05) is 28.8 Å². The molecule has 0 amide bonds. The molecule has 0 aromatic heterocycles. The van der Waals surface area contributed by atoms with E-state index in [0.29, 0.717) is 22.1 Å². The molecule has 0 saturated carbocycles. The molecule has 0 fully saturated rings. The number of nitrogens with zero attached hydrogens (tertiary/aromatic N) is 1. The van der Waals surface area contributed by atoms with E-state index < -0.39 is 6.10 Å². The van der Waals surface area contributed by atoms with Gasteiger partial charge in [0.1, 0.15) is 12.4 Å². The van der Waals surface area contributed by atoms with Gasteiger partial charge in [0.15, 0.2) is 17.6 Å². The van der Waals surface area contributed by atoms with Crippen LogP contribution in [-0.4, -0.2) is 12.8 Å². The molecule has 2 aliphatic rings. The Morgan fingerprint density at radius 3 is 2.96 bits per heavy atom. The van der Waals surface area contributed by atoms with Gasteiger partial charge in [-0.1, -0.05) is 23.7 Å². The van der Waals surface area contributed by atoms with Crippen LogP contribution in [0.3, 0.4) is 0 Å². The summed E-state index contributed by atoms with van der Waals surface area (Å²) in [7, 11) is 0. The predicted octanol–water partition coefficient (Wildman–Crippen LogP) is 4.68. The zero-order valence-electron chi connectivity index (χ0n) is 12.6. The molecule has 23 heavy (non-hydrogen) atoms. The van der Waals surface area contributed by atoms with Crippen LogP contribution in [0.5, 0.6) is 11.5 Å². The summed E-state index contributed by atoms with van der Waals surface area (Å²) in [5.74, 6) is 0.987. The van der Waals surface area contributed by atoms with Crippen LogP contribution in [0.2, 0.25) is 5.02 Å². The highest BCUT2D eigenvalue weighted by Crippen LogP contribution is 2.45. The number of hydrogen-bond donors (Lipinski definition) is 0. The van der Waals surface area contributed by atoms with Gasteiger partial charge in [0.05, 0.1) is 6.04 Å². The molecule has 0 aliphatic carbocycles. The van der Waals surface area contributed by atoms with Crippen molar-refractivity contribution in [3.05, 3.63) is 57.9 Å². The van der Waals surface area contributed by atoms with Crippen molar-refractivity contribution in [2.45, 2.75) is 25.5 Å². The Bertz CT molecular complexity index is 806. The lowest BCUT2D eigenvalue weighted by atomic mass is 9.95. The van der Waals surface area contributed by atoms with E-state index in [0.717, 1.165) is 12.0 Å². The normalized spacial score (nSPS) is 21.9. The highest BCUT2D eigenvalue weighted by atomic mass is 35.5. The summed E-state index contributed by atoms with van der Waals surface area (Å²) in [5.41, 5.74) is 2.65.